The molecule has 2 rings (SSSR count). The number of rotatable bonds is 7. The summed E-state index contributed by atoms with van der Waals surface area (Å²) in [6, 6.07) is 15.5. The summed E-state index contributed by atoms with van der Waals surface area (Å²) in [6.45, 7) is 5.58. The molecule has 0 aliphatic heterocycles. The van der Waals surface area contributed by atoms with Crippen LogP contribution in [0.25, 0.3) is 5.70 Å². The van der Waals surface area contributed by atoms with E-state index < -0.39 is 4.92 Å². The van der Waals surface area contributed by atoms with Crippen LogP contribution in [0.4, 0.5) is 5.69 Å². The SMILES string of the molecule is CCN(CC)/C(=C\C(=O)c1cccc([N+](=O)[O-])c1)c1ccccc1. The number of carbonyl (C=O) groups excluding carboxylic acids is 1. The van der Waals surface area contributed by atoms with Crippen molar-refractivity contribution in [2.45, 2.75) is 13.8 Å². The normalized spacial score (nSPS) is 11.2. The quantitative estimate of drug-likeness (QED) is 0.332. The Hall–Kier alpha value is -2.95. The van der Waals surface area contributed by atoms with Gasteiger partial charge in [-0.25, -0.2) is 0 Å². The Morgan fingerprint density at radius 2 is 1.67 bits per heavy atom. The van der Waals surface area contributed by atoms with E-state index in [1.54, 1.807) is 12.1 Å². The molecule has 0 fully saturated rings. The van der Waals surface area contributed by atoms with Crippen LogP contribution >= 0.6 is 0 Å². The highest BCUT2D eigenvalue weighted by Gasteiger charge is 2.14. The third-order valence-electron chi connectivity index (χ3n) is 3.78. The second kappa shape index (κ2) is 8.06. The van der Waals surface area contributed by atoms with Gasteiger partial charge in [-0.15, -0.1) is 0 Å². The molecule has 5 heteroatoms. The number of hydrogen-bond donors (Lipinski definition) is 0. The van der Waals surface area contributed by atoms with Gasteiger partial charge in [-0.05, 0) is 19.4 Å². The van der Waals surface area contributed by atoms with Gasteiger partial charge in [-0.2, -0.15) is 0 Å². The van der Waals surface area contributed by atoms with Crippen LogP contribution in [-0.2, 0) is 0 Å². The lowest BCUT2D eigenvalue weighted by atomic mass is 10.0. The highest BCUT2D eigenvalue weighted by atomic mass is 16.6. The van der Waals surface area contributed by atoms with Crippen molar-refractivity contribution in [3.8, 4) is 0 Å². The molecule has 0 N–H and O–H groups in total. The first kappa shape index (κ1) is 17.4. The molecule has 2 aromatic carbocycles. The van der Waals surface area contributed by atoms with Crippen LogP contribution in [0, 0.1) is 10.1 Å². The topological polar surface area (TPSA) is 63.5 Å². The number of hydrogen-bond acceptors (Lipinski definition) is 4. The summed E-state index contributed by atoms with van der Waals surface area (Å²) in [5.41, 5.74) is 1.99. The first-order chi connectivity index (χ1) is 11.6. The zero-order chi connectivity index (χ0) is 17.5. The molecule has 2 aromatic rings. The monoisotopic (exact) mass is 324 g/mol. The Morgan fingerprint density at radius 1 is 1.04 bits per heavy atom. The molecule has 0 atom stereocenters. The number of nitro groups is 1. The molecule has 0 spiro atoms. The highest BCUT2D eigenvalue weighted by Crippen LogP contribution is 2.21. The zero-order valence-electron chi connectivity index (χ0n) is 13.8. The minimum Gasteiger partial charge on any atom is -0.371 e. The van der Waals surface area contributed by atoms with E-state index in [9.17, 15) is 14.9 Å². The fourth-order valence-corrected chi connectivity index (χ4v) is 2.51. The van der Waals surface area contributed by atoms with Gasteiger partial charge in [0.25, 0.3) is 5.69 Å². The first-order valence-electron chi connectivity index (χ1n) is 7.87. The molecule has 0 saturated heterocycles. The van der Waals surface area contributed by atoms with Gasteiger partial charge < -0.3 is 4.90 Å². The molecule has 5 nitrogen and oxygen atoms in total. The molecule has 0 bridgehead atoms. The Morgan fingerprint density at radius 3 is 2.25 bits per heavy atom. The standard InChI is InChI=1S/C19H20N2O3/c1-3-20(4-2)18(15-9-6-5-7-10-15)14-19(22)16-11-8-12-17(13-16)21(23)24/h5-14H,3-4H2,1-2H3/b18-14-. The Balaban J connectivity index is 2.44. The molecule has 0 saturated carbocycles. The summed E-state index contributed by atoms with van der Waals surface area (Å²) < 4.78 is 0. The predicted octanol–water partition coefficient (Wildman–Crippen LogP) is 4.16. The maximum absolute atomic E-state index is 12.6. The summed E-state index contributed by atoms with van der Waals surface area (Å²) >= 11 is 0. The van der Waals surface area contributed by atoms with Crippen molar-refractivity contribution in [2.75, 3.05) is 13.1 Å². The van der Waals surface area contributed by atoms with Crippen LogP contribution in [-0.4, -0.2) is 28.7 Å². The lowest BCUT2D eigenvalue weighted by molar-refractivity contribution is -0.384. The second-order valence-corrected chi connectivity index (χ2v) is 5.24. The molecular formula is C19H20N2O3. The third kappa shape index (κ3) is 4.07. The molecule has 124 valence electrons. The van der Waals surface area contributed by atoms with Gasteiger partial charge in [0.15, 0.2) is 5.78 Å². The molecule has 0 radical (unpaired) electrons. The van der Waals surface area contributed by atoms with Gasteiger partial charge in [-0.3, -0.25) is 14.9 Å². The number of allylic oxidation sites excluding steroid dienone is 1. The number of nitrogens with zero attached hydrogens (tertiary/aromatic N) is 2. The molecule has 0 amide bonds. The number of benzene rings is 2. The van der Waals surface area contributed by atoms with Crippen molar-refractivity contribution in [3.05, 3.63) is 81.9 Å². The smallest absolute Gasteiger partial charge is 0.270 e. The van der Waals surface area contributed by atoms with Crippen molar-refractivity contribution >= 4 is 17.2 Å². The van der Waals surface area contributed by atoms with Crippen molar-refractivity contribution in [3.63, 3.8) is 0 Å². The number of ketones is 1. The number of non-ortho nitro benzene ring substituents is 1. The molecular weight excluding hydrogens is 304 g/mol. The minimum absolute atomic E-state index is 0.0849. The average molecular weight is 324 g/mol. The van der Waals surface area contributed by atoms with Crippen LogP contribution in [0.15, 0.2) is 60.7 Å². The molecule has 0 heterocycles. The van der Waals surface area contributed by atoms with E-state index in [0.29, 0.717) is 5.56 Å². The van der Waals surface area contributed by atoms with Crippen molar-refractivity contribution in [2.24, 2.45) is 0 Å². The fraction of sp³-hybridized carbons (Fsp3) is 0.211. The van der Waals surface area contributed by atoms with E-state index in [-0.39, 0.29) is 11.5 Å². The lowest BCUT2D eigenvalue weighted by Crippen LogP contribution is -2.22. The average Bonchev–Trinajstić information content (AvgIpc) is 2.62. The van der Waals surface area contributed by atoms with E-state index in [1.807, 2.05) is 44.2 Å². The lowest BCUT2D eigenvalue weighted by Gasteiger charge is -2.24. The van der Waals surface area contributed by atoms with Crippen LogP contribution in [0.2, 0.25) is 0 Å². The van der Waals surface area contributed by atoms with Crippen LogP contribution < -0.4 is 0 Å². The summed E-state index contributed by atoms with van der Waals surface area (Å²) in [5.74, 6) is -0.246. The van der Waals surface area contributed by atoms with E-state index in [1.165, 1.54) is 18.2 Å². The van der Waals surface area contributed by atoms with Crippen LogP contribution in [0.3, 0.4) is 0 Å². The predicted molar refractivity (Wildman–Crippen MR) is 94.8 cm³/mol. The minimum atomic E-state index is -0.497. The molecule has 24 heavy (non-hydrogen) atoms. The summed E-state index contributed by atoms with van der Waals surface area (Å²) in [4.78, 5) is 25.1. The maximum Gasteiger partial charge on any atom is 0.270 e. The molecule has 0 aliphatic rings. The Kier molecular flexibility index (Phi) is 5.84. The van der Waals surface area contributed by atoms with E-state index in [2.05, 4.69) is 4.90 Å². The fourth-order valence-electron chi connectivity index (χ4n) is 2.51. The number of nitro benzene ring substituents is 1. The second-order valence-electron chi connectivity index (χ2n) is 5.24. The van der Waals surface area contributed by atoms with Crippen LogP contribution in [0.1, 0.15) is 29.8 Å². The Labute approximate surface area is 141 Å². The van der Waals surface area contributed by atoms with Gasteiger partial charge in [-0.1, -0.05) is 42.5 Å². The molecule has 0 unspecified atom stereocenters. The van der Waals surface area contributed by atoms with E-state index >= 15 is 0 Å². The van der Waals surface area contributed by atoms with Crippen LogP contribution in [0.5, 0.6) is 0 Å². The number of carbonyl (C=O) groups is 1. The summed E-state index contributed by atoms with van der Waals surface area (Å²) in [7, 11) is 0. The van der Waals surface area contributed by atoms with Crippen molar-refractivity contribution < 1.29 is 9.72 Å². The van der Waals surface area contributed by atoms with Gasteiger partial charge in [0.05, 0.1) is 4.92 Å². The van der Waals surface area contributed by atoms with Gasteiger partial charge in [0.1, 0.15) is 0 Å². The first-order valence-corrected chi connectivity index (χ1v) is 7.87. The summed E-state index contributed by atoms with van der Waals surface area (Å²) in [6.07, 6.45) is 1.56. The van der Waals surface area contributed by atoms with Crippen molar-refractivity contribution in [1.82, 2.24) is 4.90 Å². The van der Waals surface area contributed by atoms with Gasteiger partial charge in [0, 0.05) is 42.6 Å². The highest BCUT2D eigenvalue weighted by molar-refractivity contribution is 6.08. The zero-order valence-corrected chi connectivity index (χ0v) is 13.8. The van der Waals surface area contributed by atoms with Gasteiger partial charge >= 0.3 is 0 Å². The summed E-state index contributed by atoms with van der Waals surface area (Å²) in [5, 5.41) is 10.9. The van der Waals surface area contributed by atoms with Gasteiger partial charge in [0.2, 0.25) is 0 Å². The molecule has 0 aliphatic carbocycles. The van der Waals surface area contributed by atoms with E-state index in [0.717, 1.165) is 24.4 Å². The Bertz CT molecular complexity index is 750. The maximum atomic E-state index is 12.6. The van der Waals surface area contributed by atoms with Crippen molar-refractivity contribution in [1.29, 1.82) is 0 Å². The van der Waals surface area contributed by atoms with E-state index in [4.69, 9.17) is 0 Å². The molecule has 0 aromatic heterocycles. The third-order valence-corrected chi connectivity index (χ3v) is 3.78. The largest absolute Gasteiger partial charge is 0.371 e.